The van der Waals surface area contributed by atoms with Gasteiger partial charge in [-0.15, -0.1) is 0 Å². The molecule has 1 aromatic heterocycles. The van der Waals surface area contributed by atoms with E-state index in [1.165, 1.54) is 0 Å². The van der Waals surface area contributed by atoms with E-state index in [2.05, 4.69) is 4.98 Å². The van der Waals surface area contributed by atoms with Crippen LogP contribution in [-0.4, -0.2) is 17.2 Å². The first-order valence-electron chi connectivity index (χ1n) is 6.08. The van der Waals surface area contributed by atoms with Gasteiger partial charge in [-0.2, -0.15) is 0 Å². The van der Waals surface area contributed by atoms with Gasteiger partial charge < -0.3 is 15.6 Å². The van der Waals surface area contributed by atoms with Crippen molar-refractivity contribution in [2.24, 2.45) is 0 Å². The first-order chi connectivity index (χ1) is 9.03. The van der Waals surface area contributed by atoms with E-state index in [0.717, 1.165) is 11.3 Å². The molecular weight excluding hydrogens is 240 g/mol. The van der Waals surface area contributed by atoms with E-state index in [1.807, 2.05) is 24.3 Å². The van der Waals surface area contributed by atoms with E-state index in [4.69, 9.17) is 10.5 Å². The largest absolute Gasteiger partial charge is 0.497 e. The molecular formula is C15H18N2O2. The van der Waals surface area contributed by atoms with Gasteiger partial charge in [-0.3, -0.25) is 4.98 Å². The monoisotopic (exact) mass is 258 g/mol. The minimum atomic E-state index is -1.05. The van der Waals surface area contributed by atoms with Crippen molar-refractivity contribution in [3.63, 3.8) is 0 Å². The van der Waals surface area contributed by atoms with Crippen molar-refractivity contribution >= 4 is 5.69 Å². The Morgan fingerprint density at radius 1 is 1.26 bits per heavy atom. The Labute approximate surface area is 112 Å². The van der Waals surface area contributed by atoms with Crippen LogP contribution < -0.4 is 10.5 Å². The van der Waals surface area contributed by atoms with Crippen LogP contribution in [0.1, 0.15) is 18.1 Å². The van der Waals surface area contributed by atoms with Gasteiger partial charge in [0.05, 0.1) is 12.7 Å². The van der Waals surface area contributed by atoms with Crippen molar-refractivity contribution in [1.29, 1.82) is 0 Å². The highest BCUT2D eigenvalue weighted by Crippen LogP contribution is 2.29. The van der Waals surface area contributed by atoms with Crippen LogP contribution >= 0.6 is 0 Å². The maximum atomic E-state index is 10.6. The molecule has 2 rings (SSSR count). The fourth-order valence-corrected chi connectivity index (χ4v) is 2.09. The molecule has 100 valence electrons. The topological polar surface area (TPSA) is 68.4 Å². The zero-order valence-corrected chi connectivity index (χ0v) is 11.1. The SMILES string of the molecule is COc1ccc(CC(C)(O)c2cnccc2N)cc1. The van der Waals surface area contributed by atoms with Crippen LogP contribution in [0.5, 0.6) is 5.75 Å². The van der Waals surface area contributed by atoms with Crippen molar-refractivity contribution in [3.05, 3.63) is 53.9 Å². The van der Waals surface area contributed by atoms with Crippen LogP contribution in [0.15, 0.2) is 42.7 Å². The minimum Gasteiger partial charge on any atom is -0.497 e. The number of nitrogen functional groups attached to an aromatic ring is 1. The predicted octanol–water partition coefficient (Wildman–Crippen LogP) is 2.12. The third kappa shape index (κ3) is 3.03. The molecule has 0 spiro atoms. The molecule has 0 aliphatic rings. The molecule has 0 radical (unpaired) electrons. The van der Waals surface area contributed by atoms with Gasteiger partial charge in [0.2, 0.25) is 0 Å². The molecule has 1 aromatic carbocycles. The number of nitrogens with two attached hydrogens (primary N) is 1. The van der Waals surface area contributed by atoms with E-state index in [-0.39, 0.29) is 0 Å². The van der Waals surface area contributed by atoms with Gasteiger partial charge in [-0.05, 0) is 30.7 Å². The van der Waals surface area contributed by atoms with Gasteiger partial charge in [0, 0.05) is 30.1 Å². The van der Waals surface area contributed by atoms with E-state index >= 15 is 0 Å². The number of ether oxygens (including phenoxy) is 1. The normalized spacial score (nSPS) is 13.8. The Morgan fingerprint density at radius 2 is 1.95 bits per heavy atom. The number of hydrogen-bond acceptors (Lipinski definition) is 4. The number of benzene rings is 1. The number of aliphatic hydroxyl groups is 1. The Balaban J connectivity index is 2.23. The molecule has 0 saturated carbocycles. The number of rotatable bonds is 4. The number of hydrogen-bond donors (Lipinski definition) is 2. The van der Waals surface area contributed by atoms with Crippen molar-refractivity contribution < 1.29 is 9.84 Å². The second kappa shape index (κ2) is 5.28. The number of pyridine rings is 1. The molecule has 1 atom stereocenters. The van der Waals surface area contributed by atoms with E-state index in [0.29, 0.717) is 17.7 Å². The summed E-state index contributed by atoms with van der Waals surface area (Å²) in [6.07, 6.45) is 3.69. The molecule has 19 heavy (non-hydrogen) atoms. The summed E-state index contributed by atoms with van der Waals surface area (Å²) in [4.78, 5) is 4.02. The molecule has 3 N–H and O–H groups in total. The summed E-state index contributed by atoms with van der Waals surface area (Å²) in [5.41, 5.74) is 7.04. The van der Waals surface area contributed by atoms with Gasteiger partial charge in [0.25, 0.3) is 0 Å². The zero-order valence-electron chi connectivity index (χ0n) is 11.1. The lowest BCUT2D eigenvalue weighted by Crippen LogP contribution is -2.25. The highest BCUT2D eigenvalue weighted by molar-refractivity contribution is 5.48. The molecule has 4 nitrogen and oxygen atoms in total. The maximum absolute atomic E-state index is 10.6. The summed E-state index contributed by atoms with van der Waals surface area (Å²) in [5.74, 6) is 0.796. The molecule has 0 aliphatic heterocycles. The smallest absolute Gasteiger partial charge is 0.118 e. The van der Waals surface area contributed by atoms with E-state index in [9.17, 15) is 5.11 Å². The number of nitrogens with zero attached hydrogens (tertiary/aromatic N) is 1. The average molecular weight is 258 g/mol. The molecule has 4 heteroatoms. The second-order valence-corrected chi connectivity index (χ2v) is 4.76. The molecule has 0 saturated heterocycles. The Kier molecular flexibility index (Phi) is 3.71. The minimum absolute atomic E-state index is 0.465. The van der Waals surface area contributed by atoms with Crippen molar-refractivity contribution in [3.8, 4) is 5.75 Å². The lowest BCUT2D eigenvalue weighted by Gasteiger charge is -2.25. The molecule has 0 bridgehead atoms. The van der Waals surface area contributed by atoms with Crippen molar-refractivity contribution in [2.45, 2.75) is 18.9 Å². The summed E-state index contributed by atoms with van der Waals surface area (Å²) in [6.45, 7) is 1.74. The van der Waals surface area contributed by atoms with Crippen LogP contribution in [0.3, 0.4) is 0 Å². The average Bonchev–Trinajstić information content (AvgIpc) is 2.39. The Hall–Kier alpha value is -2.07. The van der Waals surface area contributed by atoms with Gasteiger partial charge >= 0.3 is 0 Å². The predicted molar refractivity (Wildman–Crippen MR) is 74.9 cm³/mol. The standard InChI is InChI=1S/C15H18N2O2/c1-15(18,13-10-17-8-7-14(13)16)9-11-3-5-12(19-2)6-4-11/h3-8,10,18H,9H2,1-2H3,(H2,16,17). The Bertz CT molecular complexity index is 550. The lowest BCUT2D eigenvalue weighted by atomic mass is 9.89. The fourth-order valence-electron chi connectivity index (χ4n) is 2.09. The summed E-state index contributed by atoms with van der Waals surface area (Å²) < 4.78 is 5.11. The highest BCUT2D eigenvalue weighted by Gasteiger charge is 2.26. The Morgan fingerprint density at radius 3 is 2.53 bits per heavy atom. The van der Waals surface area contributed by atoms with Crippen LogP contribution in [0.4, 0.5) is 5.69 Å². The van der Waals surface area contributed by atoms with Crippen LogP contribution in [-0.2, 0) is 12.0 Å². The molecule has 2 aromatic rings. The second-order valence-electron chi connectivity index (χ2n) is 4.76. The van der Waals surface area contributed by atoms with Gasteiger partial charge in [-0.25, -0.2) is 0 Å². The van der Waals surface area contributed by atoms with Crippen LogP contribution in [0.2, 0.25) is 0 Å². The van der Waals surface area contributed by atoms with Crippen molar-refractivity contribution in [1.82, 2.24) is 4.98 Å². The highest BCUT2D eigenvalue weighted by atomic mass is 16.5. The maximum Gasteiger partial charge on any atom is 0.118 e. The van der Waals surface area contributed by atoms with Crippen LogP contribution in [0.25, 0.3) is 0 Å². The fraction of sp³-hybridized carbons (Fsp3) is 0.267. The summed E-state index contributed by atoms with van der Waals surface area (Å²) in [6, 6.07) is 9.30. The first kappa shape index (κ1) is 13.4. The molecule has 0 amide bonds. The molecule has 0 aliphatic carbocycles. The van der Waals surface area contributed by atoms with Crippen LogP contribution in [0, 0.1) is 0 Å². The number of aromatic nitrogens is 1. The number of anilines is 1. The van der Waals surface area contributed by atoms with Crippen molar-refractivity contribution in [2.75, 3.05) is 12.8 Å². The third-order valence-electron chi connectivity index (χ3n) is 3.14. The quantitative estimate of drug-likeness (QED) is 0.881. The zero-order chi connectivity index (χ0) is 13.9. The molecule has 1 heterocycles. The molecule has 0 fully saturated rings. The lowest BCUT2D eigenvalue weighted by molar-refractivity contribution is 0.0580. The molecule has 1 unspecified atom stereocenters. The van der Waals surface area contributed by atoms with Gasteiger partial charge in [0.1, 0.15) is 5.75 Å². The first-order valence-corrected chi connectivity index (χ1v) is 6.08. The van der Waals surface area contributed by atoms with E-state index < -0.39 is 5.60 Å². The van der Waals surface area contributed by atoms with Gasteiger partial charge in [0.15, 0.2) is 0 Å². The summed E-state index contributed by atoms with van der Waals surface area (Å²) in [7, 11) is 1.63. The van der Waals surface area contributed by atoms with E-state index in [1.54, 1.807) is 32.5 Å². The summed E-state index contributed by atoms with van der Waals surface area (Å²) >= 11 is 0. The summed E-state index contributed by atoms with van der Waals surface area (Å²) in [5, 5.41) is 10.6. The van der Waals surface area contributed by atoms with Gasteiger partial charge in [-0.1, -0.05) is 12.1 Å². The number of methoxy groups -OCH3 is 1. The third-order valence-corrected chi connectivity index (χ3v) is 3.14.